The zero-order valence-electron chi connectivity index (χ0n) is 19.1. The van der Waals surface area contributed by atoms with Gasteiger partial charge in [0, 0.05) is 45.0 Å². The highest BCUT2D eigenvalue weighted by molar-refractivity contribution is 6.31. The number of nitrogens with zero attached hydrogens (tertiary/aromatic N) is 3. The lowest BCUT2D eigenvalue weighted by atomic mass is 9.85. The minimum absolute atomic E-state index is 0.0407. The van der Waals surface area contributed by atoms with E-state index < -0.39 is 17.8 Å². The first-order valence-electron chi connectivity index (χ1n) is 11.9. The monoisotopic (exact) mass is 490 g/mol. The number of aromatic nitrogens is 1. The minimum Gasteiger partial charge on any atom is -0.465 e. The van der Waals surface area contributed by atoms with Crippen molar-refractivity contribution in [1.82, 2.24) is 15.2 Å². The number of anilines is 1. The van der Waals surface area contributed by atoms with Gasteiger partial charge < -0.3 is 15.3 Å². The Balaban J connectivity index is 0.000000218. The van der Waals surface area contributed by atoms with Crippen LogP contribution in [0.4, 0.5) is 23.8 Å². The van der Waals surface area contributed by atoms with E-state index in [4.69, 9.17) is 16.7 Å². The summed E-state index contributed by atoms with van der Waals surface area (Å²) in [6, 6.07) is 1.40. The van der Waals surface area contributed by atoms with Gasteiger partial charge in [0.25, 0.3) is 0 Å². The predicted octanol–water partition coefficient (Wildman–Crippen LogP) is 5.51. The molecule has 0 bridgehead atoms. The number of nitrogens with one attached hydrogen (secondary N) is 1. The second-order valence-electron chi connectivity index (χ2n) is 9.30. The van der Waals surface area contributed by atoms with Gasteiger partial charge in [0.1, 0.15) is 11.4 Å². The molecule has 1 aromatic rings. The molecule has 186 valence electrons. The smallest absolute Gasteiger partial charge is 0.421 e. The van der Waals surface area contributed by atoms with Crippen LogP contribution >= 0.6 is 11.6 Å². The summed E-state index contributed by atoms with van der Waals surface area (Å²) < 4.78 is 39.5. The van der Waals surface area contributed by atoms with Crippen LogP contribution in [0.5, 0.6) is 0 Å². The minimum atomic E-state index is -4.48. The van der Waals surface area contributed by atoms with E-state index in [0.717, 1.165) is 44.3 Å². The molecule has 3 aliphatic rings. The van der Waals surface area contributed by atoms with Crippen molar-refractivity contribution in [2.24, 2.45) is 11.8 Å². The second kappa shape index (κ2) is 11.6. The molecule has 0 aromatic carbocycles. The highest BCUT2D eigenvalue weighted by Crippen LogP contribution is 2.40. The van der Waals surface area contributed by atoms with Crippen LogP contribution in [0.25, 0.3) is 0 Å². The molecule has 0 radical (unpaired) electrons. The molecule has 6 nitrogen and oxygen atoms in total. The normalized spacial score (nSPS) is 24.1. The van der Waals surface area contributed by atoms with Gasteiger partial charge in [-0.1, -0.05) is 24.9 Å². The molecule has 1 saturated heterocycles. The molecular weight excluding hydrogens is 457 g/mol. The Kier molecular flexibility index (Phi) is 9.09. The van der Waals surface area contributed by atoms with E-state index in [0.29, 0.717) is 13.1 Å². The van der Waals surface area contributed by atoms with E-state index >= 15 is 0 Å². The molecule has 4 rings (SSSR count). The molecule has 2 aliphatic carbocycles. The molecule has 0 atom stereocenters. The zero-order chi connectivity index (χ0) is 24.0. The molecule has 3 fully saturated rings. The molecule has 2 saturated carbocycles. The average Bonchev–Trinajstić information content (AvgIpc) is 3.58. The molecule has 1 aromatic heterocycles. The number of carbonyl (C=O) groups is 1. The number of hydrogen-bond donors (Lipinski definition) is 2. The van der Waals surface area contributed by atoms with Crippen molar-refractivity contribution < 1.29 is 23.1 Å². The Labute approximate surface area is 198 Å². The van der Waals surface area contributed by atoms with Crippen LogP contribution in [0.15, 0.2) is 12.3 Å². The van der Waals surface area contributed by atoms with Gasteiger partial charge in [-0.25, -0.2) is 9.78 Å². The fourth-order valence-electron chi connectivity index (χ4n) is 4.63. The summed E-state index contributed by atoms with van der Waals surface area (Å²) in [6.07, 6.45) is 4.19. The molecule has 1 aliphatic heterocycles. The number of pyridine rings is 1. The average molecular weight is 491 g/mol. The summed E-state index contributed by atoms with van der Waals surface area (Å²) >= 11 is 5.74. The lowest BCUT2D eigenvalue weighted by Gasteiger charge is -2.36. The first-order valence-corrected chi connectivity index (χ1v) is 12.2. The van der Waals surface area contributed by atoms with Crippen molar-refractivity contribution >= 4 is 23.5 Å². The van der Waals surface area contributed by atoms with Crippen molar-refractivity contribution in [3.05, 3.63) is 22.8 Å². The Hall–Kier alpha value is -1.74. The van der Waals surface area contributed by atoms with Crippen LogP contribution in [0.2, 0.25) is 5.02 Å². The number of alkyl halides is 3. The lowest BCUT2D eigenvalue weighted by molar-refractivity contribution is -0.137. The molecule has 2 heterocycles. The standard InChI is InChI=1S/C14H17ClF3N3.C9H17NO2/c15-11-3-4-19-13(12(11)14(16,17)18)21-7-5-20(6-8-21)9-10-1-2-10;1-2-7-3-5-8(6-4-7)10-9(11)12/h3-4,10H,1-2,5-9H2;7-8,10H,2-6H2,1H3,(H,11,12). The number of piperazine rings is 1. The van der Waals surface area contributed by atoms with Crippen LogP contribution in [0, 0.1) is 11.8 Å². The van der Waals surface area contributed by atoms with Crippen LogP contribution in [0.3, 0.4) is 0 Å². The van der Waals surface area contributed by atoms with Crippen LogP contribution in [0.1, 0.15) is 57.4 Å². The highest BCUT2D eigenvalue weighted by atomic mass is 35.5. The molecule has 0 unspecified atom stereocenters. The Morgan fingerprint density at radius 1 is 1.12 bits per heavy atom. The van der Waals surface area contributed by atoms with E-state index in [1.807, 2.05) is 0 Å². The number of rotatable bonds is 5. The number of halogens is 4. The van der Waals surface area contributed by atoms with E-state index in [2.05, 4.69) is 22.1 Å². The van der Waals surface area contributed by atoms with Gasteiger partial charge in [-0.3, -0.25) is 4.90 Å². The van der Waals surface area contributed by atoms with Crippen molar-refractivity contribution in [2.45, 2.75) is 64.1 Å². The quantitative estimate of drug-likeness (QED) is 0.569. The predicted molar refractivity (Wildman–Crippen MR) is 123 cm³/mol. The Morgan fingerprint density at radius 2 is 1.73 bits per heavy atom. The number of hydrogen-bond acceptors (Lipinski definition) is 4. The maximum atomic E-state index is 13.2. The van der Waals surface area contributed by atoms with Crippen molar-refractivity contribution in [3.8, 4) is 0 Å². The summed E-state index contributed by atoms with van der Waals surface area (Å²) in [5.41, 5.74) is -0.817. The maximum absolute atomic E-state index is 13.2. The third-order valence-corrected chi connectivity index (χ3v) is 7.12. The van der Waals surface area contributed by atoms with Crippen LogP contribution in [-0.4, -0.2) is 59.8 Å². The van der Waals surface area contributed by atoms with Gasteiger partial charge in [0.05, 0.1) is 5.02 Å². The van der Waals surface area contributed by atoms with Gasteiger partial charge in [-0.15, -0.1) is 0 Å². The van der Waals surface area contributed by atoms with Crippen molar-refractivity contribution in [3.63, 3.8) is 0 Å². The van der Waals surface area contributed by atoms with Crippen molar-refractivity contribution in [1.29, 1.82) is 0 Å². The van der Waals surface area contributed by atoms with Gasteiger partial charge >= 0.3 is 12.3 Å². The SMILES string of the molecule is CCC1CCC(NC(=O)O)CC1.FC(F)(F)c1c(Cl)ccnc1N1CCN(CC2CC2)CC1. The van der Waals surface area contributed by atoms with E-state index in [1.54, 1.807) is 4.90 Å². The van der Waals surface area contributed by atoms with Crippen LogP contribution < -0.4 is 10.2 Å². The summed E-state index contributed by atoms with van der Waals surface area (Å²) in [5.74, 6) is 1.59. The highest BCUT2D eigenvalue weighted by Gasteiger charge is 2.39. The molecule has 33 heavy (non-hydrogen) atoms. The fraction of sp³-hybridized carbons (Fsp3) is 0.739. The molecular formula is C23H34ClF3N4O2. The van der Waals surface area contributed by atoms with E-state index in [-0.39, 0.29) is 16.9 Å². The first-order chi connectivity index (χ1) is 15.7. The largest absolute Gasteiger partial charge is 0.465 e. The molecule has 2 N–H and O–H groups in total. The summed E-state index contributed by atoms with van der Waals surface area (Å²) in [7, 11) is 0. The van der Waals surface area contributed by atoms with E-state index in [1.165, 1.54) is 44.4 Å². The van der Waals surface area contributed by atoms with Crippen LogP contribution in [-0.2, 0) is 6.18 Å². The third kappa shape index (κ3) is 7.91. The van der Waals surface area contributed by atoms with Gasteiger partial charge in [-0.2, -0.15) is 13.2 Å². The number of carboxylic acid groups (broad SMARTS) is 1. The van der Waals surface area contributed by atoms with Gasteiger partial charge in [0.15, 0.2) is 0 Å². The van der Waals surface area contributed by atoms with Gasteiger partial charge in [-0.05, 0) is 56.4 Å². The third-order valence-electron chi connectivity index (χ3n) is 6.80. The summed E-state index contributed by atoms with van der Waals surface area (Å²) in [5, 5.41) is 10.7. The summed E-state index contributed by atoms with van der Waals surface area (Å²) in [4.78, 5) is 18.3. The van der Waals surface area contributed by atoms with E-state index in [9.17, 15) is 18.0 Å². The van der Waals surface area contributed by atoms with Gasteiger partial charge in [0.2, 0.25) is 0 Å². The lowest BCUT2D eigenvalue weighted by Crippen LogP contribution is -2.47. The second-order valence-corrected chi connectivity index (χ2v) is 9.70. The Morgan fingerprint density at radius 3 is 2.24 bits per heavy atom. The molecule has 10 heteroatoms. The Bertz CT molecular complexity index is 775. The maximum Gasteiger partial charge on any atom is 0.421 e. The molecule has 1 amide bonds. The first kappa shape index (κ1) is 25.9. The number of amides is 1. The zero-order valence-corrected chi connectivity index (χ0v) is 19.8. The fourth-order valence-corrected chi connectivity index (χ4v) is 4.88. The summed E-state index contributed by atoms with van der Waals surface area (Å²) in [6.45, 7) is 5.95. The topological polar surface area (TPSA) is 68.7 Å². The molecule has 0 spiro atoms. The van der Waals surface area contributed by atoms with Crippen molar-refractivity contribution in [2.75, 3.05) is 37.6 Å².